The van der Waals surface area contributed by atoms with E-state index in [0.717, 1.165) is 37.4 Å². The van der Waals surface area contributed by atoms with Crippen molar-refractivity contribution in [3.63, 3.8) is 0 Å². The lowest BCUT2D eigenvalue weighted by Gasteiger charge is -2.22. The zero-order chi connectivity index (χ0) is 11.7. The molecule has 2 aliphatic heterocycles. The molecule has 1 saturated heterocycles. The van der Waals surface area contributed by atoms with Crippen LogP contribution in [0, 0.1) is 0 Å². The first-order valence-corrected chi connectivity index (χ1v) is 6.41. The van der Waals surface area contributed by atoms with Gasteiger partial charge in [0.05, 0.1) is 5.56 Å². The first-order chi connectivity index (χ1) is 8.34. The van der Waals surface area contributed by atoms with Crippen molar-refractivity contribution in [3.8, 4) is 5.88 Å². The summed E-state index contributed by atoms with van der Waals surface area (Å²) in [5, 5.41) is 7.91. The van der Waals surface area contributed by atoms with E-state index >= 15 is 0 Å². The molecule has 94 valence electrons. The van der Waals surface area contributed by atoms with E-state index < -0.39 is 0 Å². The Morgan fingerprint density at radius 2 is 2.35 bits per heavy atom. The van der Waals surface area contributed by atoms with Gasteiger partial charge in [0.2, 0.25) is 5.88 Å². The zero-order valence-corrected chi connectivity index (χ0v) is 10.2. The molecule has 1 fully saturated rings. The third kappa shape index (κ3) is 2.17. The molecule has 0 saturated carbocycles. The lowest BCUT2D eigenvalue weighted by Crippen LogP contribution is -2.22. The molecule has 3 rings (SSSR count). The van der Waals surface area contributed by atoms with Crippen molar-refractivity contribution in [1.29, 1.82) is 0 Å². The van der Waals surface area contributed by atoms with Crippen LogP contribution in [0.2, 0.25) is 0 Å². The summed E-state index contributed by atoms with van der Waals surface area (Å²) in [6, 6.07) is 0.296. The molecule has 0 bridgehead atoms. The number of aromatic nitrogens is 2. The molecule has 1 aromatic heterocycles. The number of fused-ring (bicyclic) bond motifs is 1. The molecule has 5 heteroatoms. The number of ether oxygens (including phenoxy) is 2. The molecular formula is C12H19N3O2. The van der Waals surface area contributed by atoms with Crippen LogP contribution in [-0.4, -0.2) is 29.5 Å². The quantitative estimate of drug-likeness (QED) is 0.806. The van der Waals surface area contributed by atoms with E-state index in [-0.39, 0.29) is 6.23 Å². The summed E-state index contributed by atoms with van der Waals surface area (Å²) < 4.78 is 13.3. The molecule has 1 N–H and O–H groups in total. The molecule has 0 aromatic carbocycles. The Morgan fingerprint density at radius 1 is 1.41 bits per heavy atom. The summed E-state index contributed by atoms with van der Waals surface area (Å²) in [7, 11) is 0. The molecule has 2 atom stereocenters. The van der Waals surface area contributed by atoms with Gasteiger partial charge in [0, 0.05) is 25.4 Å². The monoisotopic (exact) mass is 237 g/mol. The summed E-state index contributed by atoms with van der Waals surface area (Å²) >= 11 is 0. The first-order valence-electron chi connectivity index (χ1n) is 6.41. The molecule has 3 heterocycles. The van der Waals surface area contributed by atoms with Crippen molar-refractivity contribution in [1.82, 2.24) is 15.1 Å². The second-order valence-corrected chi connectivity index (χ2v) is 4.72. The Balaban J connectivity index is 1.84. The van der Waals surface area contributed by atoms with E-state index in [9.17, 15) is 0 Å². The smallest absolute Gasteiger partial charge is 0.237 e. The molecule has 0 amide bonds. The third-order valence-corrected chi connectivity index (χ3v) is 3.43. The predicted octanol–water partition coefficient (Wildman–Crippen LogP) is 1.63. The molecule has 2 unspecified atom stereocenters. The normalized spacial score (nSPS) is 29.2. The van der Waals surface area contributed by atoms with Crippen LogP contribution in [0.4, 0.5) is 0 Å². The van der Waals surface area contributed by atoms with Crippen LogP contribution >= 0.6 is 0 Å². The SMILES string of the molecule is CC1NCCOc2nn(C3CCCCO3)cc21. The topological polar surface area (TPSA) is 48.3 Å². The van der Waals surface area contributed by atoms with Crippen LogP contribution in [0.3, 0.4) is 0 Å². The highest BCUT2D eigenvalue weighted by molar-refractivity contribution is 5.27. The lowest BCUT2D eigenvalue weighted by atomic mass is 10.2. The second kappa shape index (κ2) is 4.66. The average Bonchev–Trinajstić information content (AvgIpc) is 2.72. The summed E-state index contributed by atoms with van der Waals surface area (Å²) in [6.45, 7) is 4.53. The fraction of sp³-hybridized carbons (Fsp3) is 0.750. The largest absolute Gasteiger partial charge is 0.475 e. The van der Waals surface area contributed by atoms with E-state index in [4.69, 9.17) is 9.47 Å². The fourth-order valence-electron chi connectivity index (χ4n) is 2.41. The van der Waals surface area contributed by atoms with Gasteiger partial charge in [-0.3, -0.25) is 0 Å². The van der Waals surface area contributed by atoms with Crippen LogP contribution in [0.15, 0.2) is 6.20 Å². The first kappa shape index (κ1) is 11.0. The Labute approximate surface area is 101 Å². The highest BCUT2D eigenvalue weighted by Crippen LogP contribution is 2.29. The van der Waals surface area contributed by atoms with Crippen molar-refractivity contribution < 1.29 is 9.47 Å². The van der Waals surface area contributed by atoms with Crippen LogP contribution in [0.25, 0.3) is 0 Å². The lowest BCUT2D eigenvalue weighted by molar-refractivity contribution is -0.0401. The second-order valence-electron chi connectivity index (χ2n) is 4.72. The molecule has 2 aliphatic rings. The molecule has 0 aliphatic carbocycles. The van der Waals surface area contributed by atoms with Crippen molar-refractivity contribution >= 4 is 0 Å². The van der Waals surface area contributed by atoms with E-state index in [2.05, 4.69) is 23.5 Å². The number of nitrogens with zero attached hydrogens (tertiary/aromatic N) is 2. The van der Waals surface area contributed by atoms with Gasteiger partial charge in [0.1, 0.15) is 12.8 Å². The van der Waals surface area contributed by atoms with E-state index in [0.29, 0.717) is 12.6 Å². The Bertz CT molecular complexity index is 385. The highest BCUT2D eigenvalue weighted by atomic mass is 16.5. The van der Waals surface area contributed by atoms with Gasteiger partial charge in [-0.15, -0.1) is 5.10 Å². The van der Waals surface area contributed by atoms with Crippen molar-refractivity contribution in [3.05, 3.63) is 11.8 Å². The van der Waals surface area contributed by atoms with Gasteiger partial charge in [-0.2, -0.15) is 0 Å². The standard InChI is InChI=1S/C12H19N3O2/c1-9-10-8-15(11-4-2-3-6-16-11)14-12(10)17-7-5-13-9/h8-9,11,13H,2-7H2,1H3. The van der Waals surface area contributed by atoms with Gasteiger partial charge in [-0.1, -0.05) is 0 Å². The Kier molecular flexibility index (Phi) is 3.03. The Hall–Kier alpha value is -1.07. The van der Waals surface area contributed by atoms with Gasteiger partial charge >= 0.3 is 0 Å². The summed E-state index contributed by atoms with van der Waals surface area (Å²) in [5.41, 5.74) is 1.14. The van der Waals surface area contributed by atoms with Crippen LogP contribution in [0.1, 0.15) is 44.0 Å². The van der Waals surface area contributed by atoms with Gasteiger partial charge in [0.25, 0.3) is 0 Å². The maximum absolute atomic E-state index is 5.73. The molecule has 0 spiro atoms. The van der Waals surface area contributed by atoms with Gasteiger partial charge in [-0.25, -0.2) is 4.68 Å². The minimum absolute atomic E-state index is 0.0893. The molecule has 0 radical (unpaired) electrons. The van der Waals surface area contributed by atoms with Crippen molar-refractivity contribution in [2.24, 2.45) is 0 Å². The number of rotatable bonds is 1. The van der Waals surface area contributed by atoms with Crippen molar-refractivity contribution in [2.75, 3.05) is 19.8 Å². The minimum Gasteiger partial charge on any atom is -0.475 e. The number of nitrogens with one attached hydrogen (secondary N) is 1. The summed E-state index contributed by atoms with van der Waals surface area (Å²) in [6.07, 6.45) is 5.57. The molecule has 17 heavy (non-hydrogen) atoms. The number of hydrogen-bond donors (Lipinski definition) is 1. The van der Waals surface area contributed by atoms with Gasteiger partial charge in [0.15, 0.2) is 0 Å². The third-order valence-electron chi connectivity index (χ3n) is 3.43. The maximum atomic E-state index is 5.73. The minimum atomic E-state index is 0.0893. The molecular weight excluding hydrogens is 218 g/mol. The number of hydrogen-bond acceptors (Lipinski definition) is 4. The van der Waals surface area contributed by atoms with Gasteiger partial charge in [-0.05, 0) is 26.2 Å². The van der Waals surface area contributed by atoms with Crippen molar-refractivity contribution in [2.45, 2.75) is 38.5 Å². The van der Waals surface area contributed by atoms with Gasteiger partial charge < -0.3 is 14.8 Å². The van der Waals surface area contributed by atoms with Crippen LogP contribution < -0.4 is 10.1 Å². The maximum Gasteiger partial charge on any atom is 0.237 e. The Morgan fingerprint density at radius 3 is 3.18 bits per heavy atom. The van der Waals surface area contributed by atoms with E-state index in [1.807, 2.05) is 4.68 Å². The predicted molar refractivity (Wildman–Crippen MR) is 63.0 cm³/mol. The molecule has 5 nitrogen and oxygen atoms in total. The summed E-state index contributed by atoms with van der Waals surface area (Å²) in [4.78, 5) is 0. The fourth-order valence-corrected chi connectivity index (χ4v) is 2.41. The van der Waals surface area contributed by atoms with E-state index in [1.54, 1.807) is 0 Å². The zero-order valence-electron chi connectivity index (χ0n) is 10.2. The van der Waals surface area contributed by atoms with Crippen LogP contribution in [0.5, 0.6) is 5.88 Å². The average molecular weight is 237 g/mol. The highest BCUT2D eigenvalue weighted by Gasteiger charge is 2.23. The van der Waals surface area contributed by atoms with E-state index in [1.165, 1.54) is 6.42 Å². The molecule has 1 aromatic rings. The summed E-state index contributed by atoms with van der Waals surface area (Å²) in [5.74, 6) is 0.761. The van der Waals surface area contributed by atoms with Crippen LogP contribution in [-0.2, 0) is 4.74 Å².